The van der Waals surface area contributed by atoms with Crippen LogP contribution in [0, 0.1) is 5.92 Å². The summed E-state index contributed by atoms with van der Waals surface area (Å²) in [6, 6.07) is -4.85. The molecule has 0 rings (SSSR count). The molecular formula is C21H39N7O7S. The smallest absolute Gasteiger partial charge is 0.326 e. The van der Waals surface area contributed by atoms with Crippen LogP contribution in [0.25, 0.3) is 0 Å². The molecular weight excluding hydrogens is 494 g/mol. The van der Waals surface area contributed by atoms with E-state index in [9.17, 15) is 34.2 Å². The van der Waals surface area contributed by atoms with Gasteiger partial charge in [0.05, 0.1) is 12.5 Å². The quantitative estimate of drug-likeness (QED) is 0.0553. The van der Waals surface area contributed by atoms with Crippen molar-refractivity contribution in [3.8, 4) is 0 Å². The number of aliphatic carboxylic acids is 2. The van der Waals surface area contributed by atoms with Gasteiger partial charge in [-0.2, -0.15) is 11.8 Å². The van der Waals surface area contributed by atoms with Crippen LogP contribution in [0.3, 0.4) is 0 Å². The van der Waals surface area contributed by atoms with Gasteiger partial charge in [-0.3, -0.25) is 24.2 Å². The molecule has 0 aromatic rings. The Bertz CT molecular complexity index is 791. The van der Waals surface area contributed by atoms with Gasteiger partial charge < -0.3 is 43.4 Å². The van der Waals surface area contributed by atoms with Crippen molar-refractivity contribution in [1.82, 2.24) is 16.0 Å². The molecule has 3 amide bonds. The Balaban J connectivity index is 5.45. The third-order valence-corrected chi connectivity index (χ3v) is 5.53. The van der Waals surface area contributed by atoms with Gasteiger partial charge in [-0.05, 0) is 43.6 Å². The van der Waals surface area contributed by atoms with E-state index in [4.69, 9.17) is 17.2 Å². The molecule has 0 saturated heterocycles. The Morgan fingerprint density at radius 1 is 0.889 bits per heavy atom. The van der Waals surface area contributed by atoms with Crippen LogP contribution in [-0.2, 0) is 24.0 Å². The highest BCUT2D eigenvalue weighted by Gasteiger charge is 2.31. The van der Waals surface area contributed by atoms with E-state index < -0.39 is 60.2 Å². The second-order valence-corrected chi connectivity index (χ2v) is 9.57. The zero-order valence-electron chi connectivity index (χ0n) is 20.9. The third-order valence-electron chi connectivity index (χ3n) is 4.88. The van der Waals surface area contributed by atoms with Crippen LogP contribution >= 0.6 is 11.8 Å². The number of thioether (sulfide) groups is 1. The zero-order valence-corrected chi connectivity index (χ0v) is 21.7. The molecule has 14 nitrogen and oxygen atoms in total. The predicted octanol–water partition coefficient (Wildman–Crippen LogP) is -1.82. The molecule has 0 radical (unpaired) electrons. The summed E-state index contributed by atoms with van der Waals surface area (Å²) in [4.78, 5) is 64.7. The minimum Gasteiger partial charge on any atom is -0.481 e. The number of carboxylic acid groups (broad SMARTS) is 2. The Hall–Kier alpha value is -3.07. The van der Waals surface area contributed by atoms with Gasteiger partial charge in [-0.1, -0.05) is 13.8 Å². The van der Waals surface area contributed by atoms with E-state index in [0.29, 0.717) is 12.2 Å². The number of amides is 3. The normalized spacial score (nSPS) is 14.1. The lowest BCUT2D eigenvalue weighted by atomic mass is 10.0. The Labute approximate surface area is 214 Å². The molecule has 36 heavy (non-hydrogen) atoms. The van der Waals surface area contributed by atoms with Gasteiger partial charge >= 0.3 is 11.9 Å². The van der Waals surface area contributed by atoms with Gasteiger partial charge in [0.15, 0.2) is 5.96 Å². The predicted molar refractivity (Wildman–Crippen MR) is 136 cm³/mol. The first-order valence-corrected chi connectivity index (χ1v) is 12.8. The van der Waals surface area contributed by atoms with Crippen LogP contribution in [0.4, 0.5) is 0 Å². The number of hydrogen-bond acceptors (Lipinski definition) is 8. The third kappa shape index (κ3) is 14.4. The zero-order chi connectivity index (χ0) is 27.8. The largest absolute Gasteiger partial charge is 0.481 e. The van der Waals surface area contributed by atoms with Crippen molar-refractivity contribution in [1.29, 1.82) is 0 Å². The fourth-order valence-electron chi connectivity index (χ4n) is 3.05. The molecule has 0 bridgehead atoms. The van der Waals surface area contributed by atoms with Crippen LogP contribution in [0.1, 0.15) is 46.0 Å². The lowest BCUT2D eigenvalue weighted by molar-refractivity contribution is -0.143. The fourth-order valence-corrected chi connectivity index (χ4v) is 3.54. The highest BCUT2D eigenvalue weighted by molar-refractivity contribution is 7.98. The summed E-state index contributed by atoms with van der Waals surface area (Å²) in [5, 5.41) is 25.8. The maximum atomic E-state index is 12.9. The molecule has 0 heterocycles. The van der Waals surface area contributed by atoms with E-state index in [0.717, 1.165) is 0 Å². The average molecular weight is 534 g/mol. The molecule has 0 spiro atoms. The van der Waals surface area contributed by atoms with Gasteiger partial charge in [-0.25, -0.2) is 4.79 Å². The minimum atomic E-state index is -1.58. The molecule has 0 fully saturated rings. The maximum Gasteiger partial charge on any atom is 0.326 e. The average Bonchev–Trinajstić information content (AvgIpc) is 2.77. The summed E-state index contributed by atoms with van der Waals surface area (Å²) in [5.74, 6) is -4.61. The van der Waals surface area contributed by atoms with Crippen LogP contribution in [0.2, 0.25) is 0 Å². The van der Waals surface area contributed by atoms with Crippen LogP contribution < -0.4 is 33.2 Å². The summed E-state index contributed by atoms with van der Waals surface area (Å²) < 4.78 is 0. The molecule has 4 unspecified atom stereocenters. The second-order valence-electron chi connectivity index (χ2n) is 8.59. The topological polar surface area (TPSA) is 252 Å². The summed E-state index contributed by atoms with van der Waals surface area (Å²) in [6.45, 7) is 3.77. The number of nitrogens with two attached hydrogens (primary N) is 3. The Kier molecular flexibility index (Phi) is 15.9. The van der Waals surface area contributed by atoms with E-state index in [1.165, 1.54) is 11.8 Å². The van der Waals surface area contributed by atoms with Gasteiger partial charge in [0, 0.05) is 6.54 Å². The Morgan fingerprint density at radius 2 is 1.44 bits per heavy atom. The molecule has 4 atom stereocenters. The molecule has 206 valence electrons. The lowest BCUT2D eigenvalue weighted by Crippen LogP contribution is -2.57. The highest BCUT2D eigenvalue weighted by atomic mass is 32.2. The molecule has 0 aromatic heterocycles. The SMILES string of the molecule is CSCCC(N)C(=O)NC(CC(C)C)C(=O)NC(CC(=O)O)C(=O)NC(CCCN=C(N)N)C(=O)O. The van der Waals surface area contributed by atoms with E-state index in [2.05, 4.69) is 20.9 Å². The van der Waals surface area contributed by atoms with Crippen molar-refractivity contribution in [2.45, 2.75) is 70.1 Å². The molecule has 11 N–H and O–H groups in total. The number of rotatable bonds is 18. The summed E-state index contributed by atoms with van der Waals surface area (Å²) in [7, 11) is 0. The van der Waals surface area contributed by atoms with Crippen molar-refractivity contribution in [2.75, 3.05) is 18.6 Å². The van der Waals surface area contributed by atoms with Crippen molar-refractivity contribution >= 4 is 47.4 Å². The molecule has 0 aromatic carbocycles. The lowest BCUT2D eigenvalue weighted by Gasteiger charge is -2.25. The second kappa shape index (κ2) is 17.4. The highest BCUT2D eigenvalue weighted by Crippen LogP contribution is 2.08. The number of nitrogens with zero attached hydrogens (tertiary/aromatic N) is 1. The summed E-state index contributed by atoms with van der Waals surface area (Å²) in [6.07, 6.45) is 1.86. The van der Waals surface area contributed by atoms with E-state index in [1.807, 2.05) is 20.1 Å². The van der Waals surface area contributed by atoms with Crippen LogP contribution in [-0.4, -0.2) is 88.6 Å². The number of guanidine groups is 1. The van der Waals surface area contributed by atoms with E-state index >= 15 is 0 Å². The number of aliphatic imine (C=N–C) groups is 1. The number of carbonyl (C=O) groups excluding carboxylic acids is 3. The molecule has 0 aliphatic heterocycles. The van der Waals surface area contributed by atoms with Gasteiger partial charge in [0.1, 0.15) is 18.1 Å². The van der Waals surface area contributed by atoms with Crippen LogP contribution in [0.15, 0.2) is 4.99 Å². The Morgan fingerprint density at radius 3 is 1.94 bits per heavy atom. The fraction of sp³-hybridized carbons (Fsp3) is 0.714. The summed E-state index contributed by atoms with van der Waals surface area (Å²) >= 11 is 1.52. The van der Waals surface area contributed by atoms with Crippen molar-refractivity contribution in [3.63, 3.8) is 0 Å². The number of carbonyl (C=O) groups is 5. The minimum absolute atomic E-state index is 0.0307. The maximum absolute atomic E-state index is 12.9. The molecule has 0 aliphatic carbocycles. The van der Waals surface area contributed by atoms with Gasteiger partial charge in [0.25, 0.3) is 0 Å². The number of hydrogen-bond donors (Lipinski definition) is 8. The molecule has 0 saturated carbocycles. The molecule has 15 heteroatoms. The molecule has 0 aliphatic rings. The van der Waals surface area contributed by atoms with Gasteiger partial charge in [0.2, 0.25) is 17.7 Å². The summed E-state index contributed by atoms with van der Waals surface area (Å²) in [5.41, 5.74) is 16.3. The first kappa shape index (κ1) is 32.9. The number of nitrogens with one attached hydrogen (secondary N) is 3. The monoisotopic (exact) mass is 533 g/mol. The van der Waals surface area contributed by atoms with Crippen molar-refractivity contribution in [3.05, 3.63) is 0 Å². The standard InChI is InChI=1S/C21H39N7O7S/c1-11(2)9-14(27-17(31)12(22)6-8-36-3)18(32)28-15(10-16(29)30)19(33)26-13(20(34)35)5-4-7-25-21(23)24/h11-15H,4-10,22H2,1-3H3,(H,26,33)(H,27,31)(H,28,32)(H,29,30)(H,34,35)(H4,23,24,25). The number of carboxylic acids is 2. The van der Waals surface area contributed by atoms with Crippen molar-refractivity contribution in [2.24, 2.45) is 28.1 Å². The first-order valence-electron chi connectivity index (χ1n) is 11.4. The van der Waals surface area contributed by atoms with E-state index in [1.54, 1.807) is 0 Å². The first-order chi connectivity index (χ1) is 16.8. The van der Waals surface area contributed by atoms with Gasteiger partial charge in [-0.15, -0.1) is 0 Å². The van der Waals surface area contributed by atoms with Crippen molar-refractivity contribution < 1.29 is 34.2 Å². The van der Waals surface area contributed by atoms with E-state index in [-0.39, 0.29) is 37.7 Å². The van der Waals surface area contributed by atoms with Crippen LogP contribution in [0.5, 0.6) is 0 Å².